The summed E-state index contributed by atoms with van der Waals surface area (Å²) < 4.78 is 13.7. The summed E-state index contributed by atoms with van der Waals surface area (Å²) in [6.45, 7) is 3.36. The Morgan fingerprint density at radius 2 is 2.10 bits per heavy atom. The van der Waals surface area contributed by atoms with Gasteiger partial charge in [-0.15, -0.1) is 0 Å². The number of benzene rings is 1. The lowest BCUT2D eigenvalue weighted by Gasteiger charge is -2.31. The predicted octanol–water partition coefficient (Wildman–Crippen LogP) is -0.324. The molecule has 2 aliphatic heterocycles. The number of likely N-dealkylation sites (N-methyl/N-ethyl adjacent to an activating group) is 1. The van der Waals surface area contributed by atoms with Gasteiger partial charge in [0.2, 0.25) is 6.10 Å². The molecule has 0 unspecified atom stereocenters. The van der Waals surface area contributed by atoms with Crippen LogP contribution < -0.4 is 4.90 Å². The highest BCUT2D eigenvalue weighted by Gasteiger charge is 2.34. The third kappa shape index (κ3) is 2.90. The average molecular weight is 292 g/mol. The van der Waals surface area contributed by atoms with Gasteiger partial charge in [-0.2, -0.15) is 0 Å². The molecule has 3 rings (SSSR count). The molecule has 0 bridgehead atoms. The molecule has 0 radical (unpaired) electrons. The van der Waals surface area contributed by atoms with E-state index in [1.54, 1.807) is 18.2 Å². The van der Waals surface area contributed by atoms with E-state index >= 15 is 0 Å². The summed E-state index contributed by atoms with van der Waals surface area (Å²) in [4.78, 5) is 20.9. The first kappa shape index (κ1) is 14.0. The number of hydrogen-bond donors (Lipinski definition) is 1. The molecule has 2 aliphatic rings. The second kappa shape index (κ2) is 5.81. The van der Waals surface area contributed by atoms with Gasteiger partial charge in [-0.1, -0.05) is 23.4 Å². The number of nitrogens with one attached hydrogen (secondary N) is 1. The van der Waals surface area contributed by atoms with Gasteiger partial charge < -0.3 is 14.6 Å². The molecule has 5 nitrogen and oxygen atoms in total. The van der Waals surface area contributed by atoms with Crippen LogP contribution in [0.5, 0.6) is 0 Å². The number of halogens is 1. The monoisotopic (exact) mass is 292 g/mol. The Labute approximate surface area is 123 Å². The van der Waals surface area contributed by atoms with Gasteiger partial charge >= 0.3 is 0 Å². The van der Waals surface area contributed by atoms with Crippen molar-refractivity contribution in [2.75, 3.05) is 33.2 Å². The molecule has 21 heavy (non-hydrogen) atoms. The third-order valence-corrected chi connectivity index (χ3v) is 4.06. The van der Waals surface area contributed by atoms with E-state index in [1.165, 1.54) is 11.0 Å². The molecule has 1 aromatic rings. The van der Waals surface area contributed by atoms with E-state index in [2.05, 4.69) is 12.2 Å². The number of oxime groups is 1. The first-order valence-electron chi connectivity index (χ1n) is 7.23. The fourth-order valence-corrected chi connectivity index (χ4v) is 2.68. The van der Waals surface area contributed by atoms with Crippen LogP contribution in [0.15, 0.2) is 29.4 Å². The fraction of sp³-hybridized carbons (Fsp3) is 0.467. The SMILES string of the molecule is C[NH+]1CCN(C(=O)[C@@H]2CC(c3ccccc3F)=NO2)CC1. The minimum atomic E-state index is -0.613. The number of rotatable bonds is 2. The maximum absolute atomic E-state index is 13.7. The summed E-state index contributed by atoms with van der Waals surface area (Å²) in [5.74, 6) is -0.381. The molecule has 1 aromatic carbocycles. The lowest BCUT2D eigenvalue weighted by molar-refractivity contribution is -0.883. The molecule has 1 atom stereocenters. The van der Waals surface area contributed by atoms with Gasteiger partial charge in [0.05, 0.1) is 38.9 Å². The van der Waals surface area contributed by atoms with Gasteiger partial charge in [-0.3, -0.25) is 4.79 Å². The summed E-state index contributed by atoms with van der Waals surface area (Å²) in [5, 5.41) is 3.90. The van der Waals surface area contributed by atoms with Crippen molar-refractivity contribution in [2.45, 2.75) is 12.5 Å². The van der Waals surface area contributed by atoms with Crippen LogP contribution in [0, 0.1) is 5.82 Å². The highest BCUT2D eigenvalue weighted by molar-refractivity contribution is 6.04. The molecule has 1 fully saturated rings. The molecular formula is C15H19FN3O2+. The van der Waals surface area contributed by atoms with E-state index in [-0.39, 0.29) is 11.7 Å². The zero-order valence-corrected chi connectivity index (χ0v) is 12.0. The van der Waals surface area contributed by atoms with E-state index in [9.17, 15) is 9.18 Å². The molecular weight excluding hydrogens is 273 g/mol. The van der Waals surface area contributed by atoms with Crippen molar-refractivity contribution >= 4 is 11.6 Å². The fourth-order valence-electron chi connectivity index (χ4n) is 2.68. The Morgan fingerprint density at radius 1 is 1.38 bits per heavy atom. The minimum absolute atomic E-state index is 0.0439. The summed E-state index contributed by atoms with van der Waals surface area (Å²) in [5.41, 5.74) is 0.918. The van der Waals surface area contributed by atoms with Crippen molar-refractivity contribution in [3.05, 3.63) is 35.6 Å². The number of nitrogens with zero attached hydrogens (tertiary/aromatic N) is 2. The summed E-state index contributed by atoms with van der Waals surface area (Å²) in [7, 11) is 2.12. The summed E-state index contributed by atoms with van der Waals surface area (Å²) in [6.07, 6.45) is -0.281. The third-order valence-electron chi connectivity index (χ3n) is 4.06. The lowest BCUT2D eigenvalue weighted by atomic mass is 10.0. The van der Waals surface area contributed by atoms with Crippen LogP contribution in [0.3, 0.4) is 0 Å². The average Bonchev–Trinajstić information content (AvgIpc) is 2.97. The standard InChI is InChI=1S/C15H18FN3O2/c1-18-6-8-19(9-7-18)15(20)14-10-13(17-21-14)11-4-2-3-5-12(11)16/h2-5,14H,6-10H2,1H3/p+1/t14-/m0/s1. The van der Waals surface area contributed by atoms with Crippen molar-refractivity contribution in [2.24, 2.45) is 5.16 Å². The quantitative estimate of drug-likeness (QED) is 0.812. The number of quaternary nitrogens is 1. The maximum atomic E-state index is 13.7. The molecule has 0 saturated carbocycles. The molecule has 112 valence electrons. The zero-order chi connectivity index (χ0) is 14.8. The normalized spacial score (nSPS) is 22.9. The zero-order valence-electron chi connectivity index (χ0n) is 12.0. The second-order valence-corrected chi connectivity index (χ2v) is 5.60. The largest absolute Gasteiger partial charge is 0.382 e. The van der Waals surface area contributed by atoms with Crippen molar-refractivity contribution in [1.82, 2.24) is 4.90 Å². The predicted molar refractivity (Wildman–Crippen MR) is 75.6 cm³/mol. The van der Waals surface area contributed by atoms with Crippen molar-refractivity contribution in [1.29, 1.82) is 0 Å². The van der Waals surface area contributed by atoms with Crippen LogP contribution in [-0.2, 0) is 9.63 Å². The molecule has 0 aliphatic carbocycles. The Morgan fingerprint density at radius 3 is 2.81 bits per heavy atom. The second-order valence-electron chi connectivity index (χ2n) is 5.60. The van der Waals surface area contributed by atoms with E-state index in [0.717, 1.165) is 26.2 Å². The van der Waals surface area contributed by atoms with Crippen LogP contribution in [0.1, 0.15) is 12.0 Å². The highest BCUT2D eigenvalue weighted by atomic mass is 19.1. The topological polar surface area (TPSA) is 46.3 Å². The van der Waals surface area contributed by atoms with Crippen LogP contribution >= 0.6 is 0 Å². The van der Waals surface area contributed by atoms with E-state index in [0.29, 0.717) is 17.7 Å². The molecule has 1 N–H and O–H groups in total. The summed E-state index contributed by atoms with van der Waals surface area (Å²) in [6, 6.07) is 6.42. The molecule has 0 aromatic heterocycles. The van der Waals surface area contributed by atoms with Gasteiger partial charge in [-0.25, -0.2) is 4.39 Å². The number of amides is 1. The van der Waals surface area contributed by atoms with E-state index in [4.69, 9.17) is 4.84 Å². The Balaban J connectivity index is 1.64. The van der Waals surface area contributed by atoms with Crippen molar-refractivity contribution in [3.8, 4) is 0 Å². The van der Waals surface area contributed by atoms with Gasteiger partial charge in [0.25, 0.3) is 5.91 Å². The smallest absolute Gasteiger partial charge is 0.267 e. The number of carbonyl (C=O) groups is 1. The summed E-state index contributed by atoms with van der Waals surface area (Å²) >= 11 is 0. The minimum Gasteiger partial charge on any atom is -0.382 e. The van der Waals surface area contributed by atoms with Gasteiger partial charge in [0.1, 0.15) is 5.82 Å². The Kier molecular flexibility index (Phi) is 3.88. The lowest BCUT2D eigenvalue weighted by Crippen LogP contribution is -3.12. The van der Waals surface area contributed by atoms with E-state index in [1.807, 2.05) is 4.90 Å². The van der Waals surface area contributed by atoms with Crippen LogP contribution in [0.25, 0.3) is 0 Å². The molecule has 2 heterocycles. The molecule has 6 heteroatoms. The molecule has 1 saturated heterocycles. The maximum Gasteiger partial charge on any atom is 0.267 e. The van der Waals surface area contributed by atoms with Crippen LogP contribution in [0.2, 0.25) is 0 Å². The highest BCUT2D eigenvalue weighted by Crippen LogP contribution is 2.20. The van der Waals surface area contributed by atoms with Crippen LogP contribution in [-0.4, -0.2) is 55.8 Å². The van der Waals surface area contributed by atoms with Gasteiger partial charge in [0.15, 0.2) is 0 Å². The van der Waals surface area contributed by atoms with Gasteiger partial charge in [0, 0.05) is 12.0 Å². The molecule has 0 spiro atoms. The number of piperazine rings is 1. The number of carbonyl (C=O) groups excluding carboxylic acids is 1. The Bertz CT molecular complexity index is 568. The van der Waals surface area contributed by atoms with Crippen molar-refractivity contribution < 1.29 is 18.9 Å². The molecule has 1 amide bonds. The number of hydrogen-bond acceptors (Lipinski definition) is 3. The first-order valence-corrected chi connectivity index (χ1v) is 7.23. The van der Waals surface area contributed by atoms with Crippen molar-refractivity contribution in [3.63, 3.8) is 0 Å². The van der Waals surface area contributed by atoms with Crippen LogP contribution in [0.4, 0.5) is 4.39 Å². The Hall–Kier alpha value is -1.95. The van der Waals surface area contributed by atoms with E-state index < -0.39 is 6.10 Å². The first-order chi connectivity index (χ1) is 10.1. The van der Waals surface area contributed by atoms with Gasteiger partial charge in [-0.05, 0) is 6.07 Å².